The van der Waals surface area contributed by atoms with E-state index in [0.29, 0.717) is 30.3 Å². The summed E-state index contributed by atoms with van der Waals surface area (Å²) in [6.07, 6.45) is 10.7. The van der Waals surface area contributed by atoms with Crippen molar-refractivity contribution in [1.29, 1.82) is 0 Å². The van der Waals surface area contributed by atoms with Crippen molar-refractivity contribution in [3.63, 3.8) is 0 Å². The van der Waals surface area contributed by atoms with E-state index in [1.165, 1.54) is 0 Å². The van der Waals surface area contributed by atoms with E-state index < -0.39 is 0 Å². The minimum atomic E-state index is -0.292. The van der Waals surface area contributed by atoms with Crippen LogP contribution in [-0.2, 0) is 11.2 Å². The molecule has 4 rings (SSSR count). The van der Waals surface area contributed by atoms with E-state index >= 15 is 0 Å². The van der Waals surface area contributed by atoms with Crippen LogP contribution in [0.1, 0.15) is 68.6 Å². The van der Waals surface area contributed by atoms with Crippen molar-refractivity contribution in [3.05, 3.63) is 78.1 Å². The van der Waals surface area contributed by atoms with Crippen LogP contribution in [0.4, 0.5) is 0 Å². The standard InChI is InChI=1S/C28H32N4O3/c1-3-23(33)10-5-4-6-12-25(27-30-19-22(31-27)17-20-13-15-29-16-14-20)35-26-18-21-9-7-8-11-24(21)32-28(26)34-2/h7-9,11,13-16,18-19,25H,3-6,10,12,17H2,1-2H3,(H,30,31). The van der Waals surface area contributed by atoms with Crippen molar-refractivity contribution in [3.8, 4) is 11.6 Å². The number of carbonyl (C=O) groups excluding carboxylic acids is 1. The molecular weight excluding hydrogens is 440 g/mol. The van der Waals surface area contributed by atoms with Crippen LogP contribution < -0.4 is 9.47 Å². The Morgan fingerprint density at radius 2 is 1.91 bits per heavy atom. The molecule has 35 heavy (non-hydrogen) atoms. The normalized spacial score (nSPS) is 11.9. The first-order valence-electron chi connectivity index (χ1n) is 12.2. The molecular formula is C28H32N4O3. The Morgan fingerprint density at radius 1 is 1.09 bits per heavy atom. The maximum atomic E-state index is 11.6. The number of H-pyrrole nitrogens is 1. The predicted octanol–water partition coefficient (Wildman–Crippen LogP) is 6.00. The number of benzene rings is 1. The second kappa shape index (κ2) is 12.1. The first kappa shape index (κ1) is 24.4. The van der Waals surface area contributed by atoms with E-state index in [-0.39, 0.29) is 6.10 Å². The first-order valence-corrected chi connectivity index (χ1v) is 12.2. The number of aromatic amines is 1. The number of para-hydroxylation sites is 1. The lowest BCUT2D eigenvalue weighted by molar-refractivity contribution is -0.118. The molecule has 0 saturated heterocycles. The topological polar surface area (TPSA) is 90.0 Å². The third-order valence-corrected chi connectivity index (χ3v) is 6.03. The van der Waals surface area contributed by atoms with Gasteiger partial charge in [-0.3, -0.25) is 9.78 Å². The molecule has 0 saturated carbocycles. The maximum Gasteiger partial charge on any atom is 0.257 e. The zero-order valence-electron chi connectivity index (χ0n) is 20.4. The monoisotopic (exact) mass is 472 g/mol. The lowest BCUT2D eigenvalue weighted by Gasteiger charge is -2.19. The molecule has 1 aromatic carbocycles. The molecule has 1 atom stereocenters. The molecule has 0 radical (unpaired) electrons. The summed E-state index contributed by atoms with van der Waals surface area (Å²) in [5.74, 6) is 2.13. The molecule has 0 aliphatic heterocycles. The summed E-state index contributed by atoms with van der Waals surface area (Å²) in [4.78, 5) is 28.5. The van der Waals surface area contributed by atoms with Crippen LogP contribution in [0.2, 0.25) is 0 Å². The van der Waals surface area contributed by atoms with Crippen molar-refractivity contribution in [2.24, 2.45) is 0 Å². The molecule has 1 unspecified atom stereocenters. The van der Waals surface area contributed by atoms with Crippen LogP contribution in [0.3, 0.4) is 0 Å². The smallest absolute Gasteiger partial charge is 0.257 e. The van der Waals surface area contributed by atoms with Gasteiger partial charge in [0.15, 0.2) is 11.9 Å². The van der Waals surface area contributed by atoms with Crippen LogP contribution >= 0.6 is 0 Å². The molecule has 0 spiro atoms. The zero-order chi connectivity index (χ0) is 24.5. The Hall–Kier alpha value is -3.74. The Morgan fingerprint density at radius 3 is 2.71 bits per heavy atom. The summed E-state index contributed by atoms with van der Waals surface area (Å²) in [5, 5.41) is 0.984. The molecule has 3 heterocycles. The summed E-state index contributed by atoms with van der Waals surface area (Å²) < 4.78 is 12.0. The number of hydrogen-bond donors (Lipinski definition) is 1. The van der Waals surface area contributed by atoms with Crippen molar-refractivity contribution in [2.45, 2.75) is 58.0 Å². The molecule has 0 aliphatic carbocycles. The molecule has 0 aliphatic rings. The number of fused-ring (bicyclic) bond motifs is 1. The van der Waals surface area contributed by atoms with Gasteiger partial charge >= 0.3 is 0 Å². The Bertz CT molecular complexity index is 1240. The maximum absolute atomic E-state index is 11.6. The summed E-state index contributed by atoms with van der Waals surface area (Å²) in [6, 6.07) is 13.9. The molecule has 0 fully saturated rings. The van der Waals surface area contributed by atoms with Crippen LogP contribution in [0.15, 0.2) is 61.1 Å². The van der Waals surface area contributed by atoms with Crippen molar-refractivity contribution in [2.75, 3.05) is 7.11 Å². The Labute approximate surface area is 205 Å². The van der Waals surface area contributed by atoms with E-state index in [1.807, 2.05) is 55.6 Å². The predicted molar refractivity (Wildman–Crippen MR) is 136 cm³/mol. The highest BCUT2D eigenvalue weighted by atomic mass is 16.5. The van der Waals surface area contributed by atoms with E-state index in [1.54, 1.807) is 19.5 Å². The average molecular weight is 473 g/mol. The Balaban J connectivity index is 1.52. The van der Waals surface area contributed by atoms with Crippen molar-refractivity contribution >= 4 is 16.7 Å². The summed E-state index contributed by atoms with van der Waals surface area (Å²) >= 11 is 0. The van der Waals surface area contributed by atoms with E-state index in [0.717, 1.165) is 60.1 Å². The number of ketones is 1. The van der Waals surface area contributed by atoms with Crippen molar-refractivity contribution < 1.29 is 14.3 Å². The number of carbonyl (C=O) groups is 1. The fourth-order valence-corrected chi connectivity index (χ4v) is 4.07. The highest BCUT2D eigenvalue weighted by Crippen LogP contribution is 2.34. The zero-order valence-corrected chi connectivity index (χ0v) is 20.4. The third kappa shape index (κ3) is 6.66. The highest BCUT2D eigenvalue weighted by Gasteiger charge is 2.20. The number of hydrogen-bond acceptors (Lipinski definition) is 6. The molecule has 182 valence electrons. The van der Waals surface area contributed by atoms with Gasteiger partial charge in [0.1, 0.15) is 11.6 Å². The number of imidazole rings is 1. The molecule has 7 heteroatoms. The number of pyridine rings is 2. The minimum Gasteiger partial charge on any atom is -0.478 e. The van der Waals surface area contributed by atoms with Crippen molar-refractivity contribution in [1.82, 2.24) is 19.9 Å². The van der Waals surface area contributed by atoms with E-state index in [2.05, 4.69) is 19.9 Å². The number of nitrogens with zero attached hydrogens (tertiary/aromatic N) is 3. The van der Waals surface area contributed by atoms with Crippen LogP contribution in [-0.4, -0.2) is 32.8 Å². The molecule has 3 aromatic heterocycles. The molecule has 7 nitrogen and oxygen atoms in total. The van der Waals surface area contributed by atoms with Gasteiger partial charge in [-0.2, -0.15) is 0 Å². The molecule has 1 N–H and O–H groups in total. The first-order chi connectivity index (χ1) is 17.2. The number of unbranched alkanes of at least 4 members (excludes halogenated alkanes) is 2. The summed E-state index contributed by atoms with van der Waals surface area (Å²) in [6.45, 7) is 1.91. The van der Waals surface area contributed by atoms with Gasteiger partial charge in [-0.1, -0.05) is 31.5 Å². The van der Waals surface area contributed by atoms with Gasteiger partial charge in [0.25, 0.3) is 5.88 Å². The highest BCUT2D eigenvalue weighted by molar-refractivity contribution is 5.81. The summed E-state index contributed by atoms with van der Waals surface area (Å²) in [7, 11) is 1.60. The fraction of sp³-hybridized carbons (Fsp3) is 0.357. The number of nitrogens with one attached hydrogen (secondary N) is 1. The van der Waals surface area contributed by atoms with Gasteiger partial charge in [0.05, 0.1) is 12.6 Å². The van der Waals surface area contributed by atoms with Gasteiger partial charge in [0, 0.05) is 48.9 Å². The molecule has 0 amide bonds. The van der Waals surface area contributed by atoms with Gasteiger partial charge < -0.3 is 14.5 Å². The number of Topliss-reactive ketones (excluding diaryl/α,β-unsaturated/α-hetero) is 1. The fourth-order valence-electron chi connectivity index (χ4n) is 4.07. The lowest BCUT2D eigenvalue weighted by atomic mass is 10.1. The minimum absolute atomic E-state index is 0.292. The summed E-state index contributed by atoms with van der Waals surface area (Å²) in [5.41, 5.74) is 3.03. The van der Waals surface area contributed by atoms with Gasteiger partial charge in [-0.25, -0.2) is 9.97 Å². The average Bonchev–Trinajstić information content (AvgIpc) is 3.36. The number of aromatic nitrogens is 4. The van der Waals surface area contributed by atoms with Gasteiger partial charge in [-0.05, 0) is 49.1 Å². The lowest BCUT2D eigenvalue weighted by Crippen LogP contribution is -2.11. The van der Waals surface area contributed by atoms with Crippen LogP contribution in [0.25, 0.3) is 10.9 Å². The third-order valence-electron chi connectivity index (χ3n) is 6.03. The van der Waals surface area contributed by atoms with Crippen LogP contribution in [0.5, 0.6) is 11.6 Å². The van der Waals surface area contributed by atoms with Gasteiger partial charge in [0.2, 0.25) is 0 Å². The number of ether oxygens (including phenoxy) is 2. The van der Waals surface area contributed by atoms with E-state index in [9.17, 15) is 4.79 Å². The van der Waals surface area contributed by atoms with Crippen LogP contribution in [0, 0.1) is 0 Å². The Kier molecular flexibility index (Phi) is 8.44. The second-order valence-corrected chi connectivity index (χ2v) is 8.61. The SMILES string of the molecule is CCC(=O)CCCCCC(Oc1cc2ccccc2nc1OC)c1ncc(Cc2ccncc2)[nH]1. The van der Waals surface area contributed by atoms with E-state index in [4.69, 9.17) is 9.47 Å². The van der Waals surface area contributed by atoms with Gasteiger partial charge in [-0.15, -0.1) is 0 Å². The molecule has 4 aromatic rings. The largest absolute Gasteiger partial charge is 0.478 e. The quantitative estimate of drug-likeness (QED) is 0.240. The molecule has 0 bridgehead atoms. The second-order valence-electron chi connectivity index (χ2n) is 8.61. The number of methoxy groups -OCH3 is 1. The number of rotatable bonds is 13.